The van der Waals surface area contributed by atoms with Gasteiger partial charge < -0.3 is 19.9 Å². The molecule has 2 N–H and O–H groups in total. The SMILES string of the molecule is COCCOCOC12CC3CC(CC(N)(C3)C1)C2. The quantitative estimate of drug-likeness (QED) is 0.579. The summed E-state index contributed by atoms with van der Waals surface area (Å²) < 4.78 is 16.5. The third-order valence-electron chi connectivity index (χ3n) is 4.93. The minimum Gasteiger partial charge on any atom is -0.382 e. The Morgan fingerprint density at radius 2 is 1.83 bits per heavy atom. The smallest absolute Gasteiger partial charge is 0.147 e. The Hall–Kier alpha value is -0.160. The minimum absolute atomic E-state index is 0.0197. The van der Waals surface area contributed by atoms with Gasteiger partial charge in [0.25, 0.3) is 0 Å². The molecule has 104 valence electrons. The molecule has 4 aliphatic rings. The summed E-state index contributed by atoms with van der Waals surface area (Å²) in [6.45, 7) is 1.62. The molecule has 0 spiro atoms. The second-order valence-electron chi connectivity index (χ2n) is 6.67. The van der Waals surface area contributed by atoms with Crippen LogP contribution in [0.3, 0.4) is 0 Å². The maximum absolute atomic E-state index is 6.52. The van der Waals surface area contributed by atoms with Crippen LogP contribution in [0.4, 0.5) is 0 Å². The molecular weight excluding hydrogens is 230 g/mol. The van der Waals surface area contributed by atoms with Crippen LogP contribution < -0.4 is 5.73 Å². The third kappa shape index (κ3) is 2.44. The molecule has 0 aromatic heterocycles. The van der Waals surface area contributed by atoms with Gasteiger partial charge in [-0.2, -0.15) is 0 Å². The van der Waals surface area contributed by atoms with Gasteiger partial charge in [-0.3, -0.25) is 0 Å². The van der Waals surface area contributed by atoms with E-state index >= 15 is 0 Å². The Bertz CT molecular complexity index is 293. The second kappa shape index (κ2) is 4.75. The molecule has 4 saturated carbocycles. The lowest BCUT2D eigenvalue weighted by atomic mass is 9.51. The summed E-state index contributed by atoms with van der Waals surface area (Å²) >= 11 is 0. The Morgan fingerprint density at radius 3 is 2.44 bits per heavy atom. The topological polar surface area (TPSA) is 53.7 Å². The molecule has 4 bridgehead atoms. The van der Waals surface area contributed by atoms with Gasteiger partial charge in [-0.15, -0.1) is 0 Å². The fraction of sp³-hybridized carbons (Fsp3) is 1.00. The Balaban J connectivity index is 1.55. The second-order valence-corrected chi connectivity index (χ2v) is 6.67. The molecule has 0 heterocycles. The molecular formula is C14H25NO3. The number of methoxy groups -OCH3 is 1. The van der Waals surface area contributed by atoms with Crippen LogP contribution in [-0.4, -0.2) is 38.3 Å². The van der Waals surface area contributed by atoms with Gasteiger partial charge in [0.1, 0.15) is 6.79 Å². The van der Waals surface area contributed by atoms with Crippen molar-refractivity contribution in [2.24, 2.45) is 17.6 Å². The highest BCUT2D eigenvalue weighted by atomic mass is 16.7. The lowest BCUT2D eigenvalue weighted by molar-refractivity contribution is -0.214. The monoisotopic (exact) mass is 255 g/mol. The molecule has 0 radical (unpaired) electrons. The van der Waals surface area contributed by atoms with Gasteiger partial charge in [0, 0.05) is 12.6 Å². The molecule has 4 aliphatic carbocycles. The first-order valence-corrected chi connectivity index (χ1v) is 7.13. The van der Waals surface area contributed by atoms with Gasteiger partial charge >= 0.3 is 0 Å². The van der Waals surface area contributed by atoms with Crippen LogP contribution >= 0.6 is 0 Å². The number of ether oxygens (including phenoxy) is 3. The van der Waals surface area contributed by atoms with E-state index in [1.165, 1.54) is 32.1 Å². The van der Waals surface area contributed by atoms with Crippen molar-refractivity contribution in [2.45, 2.75) is 49.7 Å². The van der Waals surface area contributed by atoms with E-state index < -0.39 is 0 Å². The molecule has 4 fully saturated rings. The van der Waals surface area contributed by atoms with Crippen molar-refractivity contribution in [3.8, 4) is 0 Å². The summed E-state index contributed by atoms with van der Waals surface area (Å²) in [6.07, 6.45) is 7.19. The highest BCUT2D eigenvalue weighted by molar-refractivity contribution is 5.11. The predicted octanol–water partition coefficient (Wildman–Crippen LogP) is 1.67. The van der Waals surface area contributed by atoms with Gasteiger partial charge in [-0.1, -0.05) is 0 Å². The summed E-state index contributed by atoms with van der Waals surface area (Å²) in [6, 6.07) is 0. The van der Waals surface area contributed by atoms with Crippen LogP contribution in [0.1, 0.15) is 38.5 Å². The first kappa shape index (κ1) is 12.9. The Kier molecular flexibility index (Phi) is 3.39. The molecule has 2 unspecified atom stereocenters. The van der Waals surface area contributed by atoms with Gasteiger partial charge in [-0.25, -0.2) is 0 Å². The molecule has 0 amide bonds. The Labute approximate surface area is 109 Å². The summed E-state index contributed by atoms with van der Waals surface area (Å²) in [4.78, 5) is 0. The molecule has 0 saturated heterocycles. The van der Waals surface area contributed by atoms with Crippen molar-refractivity contribution in [3.63, 3.8) is 0 Å². The van der Waals surface area contributed by atoms with Crippen LogP contribution in [0.25, 0.3) is 0 Å². The Morgan fingerprint density at radius 1 is 1.11 bits per heavy atom. The van der Waals surface area contributed by atoms with Gasteiger partial charge in [0.2, 0.25) is 0 Å². The summed E-state index contributed by atoms with van der Waals surface area (Å²) in [5.74, 6) is 1.57. The zero-order valence-electron chi connectivity index (χ0n) is 11.3. The normalized spacial score (nSPS) is 45.7. The van der Waals surface area contributed by atoms with E-state index in [9.17, 15) is 0 Å². The highest BCUT2D eigenvalue weighted by Crippen LogP contribution is 2.57. The van der Waals surface area contributed by atoms with Gasteiger partial charge in [0.15, 0.2) is 0 Å². The number of hydrogen-bond acceptors (Lipinski definition) is 4. The molecule has 2 atom stereocenters. The molecule has 4 heteroatoms. The maximum atomic E-state index is 6.52. The van der Waals surface area contributed by atoms with E-state index in [-0.39, 0.29) is 11.1 Å². The average Bonchev–Trinajstić information content (AvgIpc) is 2.25. The van der Waals surface area contributed by atoms with Crippen molar-refractivity contribution in [1.82, 2.24) is 0 Å². The van der Waals surface area contributed by atoms with Crippen molar-refractivity contribution < 1.29 is 14.2 Å². The molecule has 0 aliphatic heterocycles. The maximum Gasteiger partial charge on any atom is 0.147 e. The van der Waals surface area contributed by atoms with Crippen molar-refractivity contribution in [2.75, 3.05) is 27.1 Å². The lowest BCUT2D eigenvalue weighted by Gasteiger charge is -2.60. The predicted molar refractivity (Wildman–Crippen MR) is 68.1 cm³/mol. The number of rotatable bonds is 6. The standard InChI is InChI=1S/C14H25NO3/c1-16-2-3-17-10-18-14-7-11-4-12(8-14)6-13(15,5-11)9-14/h11-12H,2-10,15H2,1H3. The number of nitrogens with two attached hydrogens (primary N) is 1. The van der Waals surface area contributed by atoms with Crippen LogP contribution in [0.5, 0.6) is 0 Å². The fourth-order valence-electron chi connectivity index (χ4n) is 4.78. The van der Waals surface area contributed by atoms with Crippen LogP contribution in [0.2, 0.25) is 0 Å². The van der Waals surface area contributed by atoms with Crippen LogP contribution in [0, 0.1) is 11.8 Å². The molecule has 0 aromatic rings. The zero-order valence-corrected chi connectivity index (χ0v) is 11.3. The van der Waals surface area contributed by atoms with E-state index in [0.717, 1.165) is 18.3 Å². The summed E-state index contributed by atoms with van der Waals surface area (Å²) in [7, 11) is 1.68. The van der Waals surface area contributed by atoms with Crippen molar-refractivity contribution in [1.29, 1.82) is 0 Å². The zero-order chi connectivity index (χ0) is 12.6. The largest absolute Gasteiger partial charge is 0.382 e. The van der Waals surface area contributed by atoms with Gasteiger partial charge in [0.05, 0.1) is 18.8 Å². The number of hydrogen-bond donors (Lipinski definition) is 1. The van der Waals surface area contributed by atoms with E-state index in [4.69, 9.17) is 19.9 Å². The molecule has 18 heavy (non-hydrogen) atoms. The van der Waals surface area contributed by atoms with E-state index in [2.05, 4.69) is 0 Å². The van der Waals surface area contributed by atoms with Crippen molar-refractivity contribution >= 4 is 0 Å². The average molecular weight is 255 g/mol. The third-order valence-corrected chi connectivity index (χ3v) is 4.93. The van der Waals surface area contributed by atoms with Crippen LogP contribution in [0.15, 0.2) is 0 Å². The first-order valence-electron chi connectivity index (χ1n) is 7.13. The highest BCUT2D eigenvalue weighted by Gasteiger charge is 2.57. The van der Waals surface area contributed by atoms with E-state index in [1.54, 1.807) is 7.11 Å². The summed E-state index contributed by atoms with van der Waals surface area (Å²) in [5, 5.41) is 0. The molecule has 4 nitrogen and oxygen atoms in total. The van der Waals surface area contributed by atoms with E-state index in [0.29, 0.717) is 20.0 Å². The summed E-state index contributed by atoms with van der Waals surface area (Å²) in [5.41, 5.74) is 6.59. The van der Waals surface area contributed by atoms with E-state index in [1.807, 2.05) is 0 Å². The molecule has 4 rings (SSSR count). The van der Waals surface area contributed by atoms with Crippen LogP contribution in [-0.2, 0) is 14.2 Å². The lowest BCUT2D eigenvalue weighted by Crippen LogP contribution is -2.63. The minimum atomic E-state index is 0.0197. The van der Waals surface area contributed by atoms with Crippen molar-refractivity contribution in [3.05, 3.63) is 0 Å². The molecule has 0 aromatic carbocycles. The fourth-order valence-corrected chi connectivity index (χ4v) is 4.78. The van der Waals surface area contributed by atoms with Gasteiger partial charge in [-0.05, 0) is 50.4 Å². The first-order chi connectivity index (χ1) is 8.63.